The van der Waals surface area contributed by atoms with Crippen LogP contribution in [-0.4, -0.2) is 49.2 Å². The Labute approximate surface area is 70.0 Å². The molecule has 0 saturated heterocycles. The molecule has 0 aliphatic heterocycles. The fourth-order valence-corrected chi connectivity index (χ4v) is 0. The smallest absolute Gasteiger partial charge is 0.870 e. The fourth-order valence-electron chi connectivity index (χ4n) is 0. The summed E-state index contributed by atoms with van der Waals surface area (Å²) < 4.78 is 0. The molecular weight excluding hydrogens is 367 g/mol. The van der Waals surface area contributed by atoms with Gasteiger partial charge in [0.05, 0.1) is 0 Å². The molecule has 0 aromatic rings. The van der Waals surface area contributed by atoms with Gasteiger partial charge in [-0.1, -0.05) is 0 Å². The number of hydrogen-bond acceptors (Lipinski definition) is 2. The van der Waals surface area contributed by atoms with Crippen LogP contribution < -0.4 is 0 Å². The van der Waals surface area contributed by atoms with Crippen molar-refractivity contribution in [2.75, 3.05) is 0 Å². The van der Waals surface area contributed by atoms with E-state index in [4.69, 9.17) is 0 Å². The van der Waals surface area contributed by atoms with Gasteiger partial charge in [0, 0.05) is 21.1 Å². The Morgan fingerprint density at radius 2 is 0.667 bits per heavy atom. The zero-order chi connectivity index (χ0) is 0. The second-order valence-electron chi connectivity index (χ2n) is 0. The van der Waals surface area contributed by atoms with Crippen LogP contribution in [0.25, 0.3) is 0 Å². The van der Waals surface area contributed by atoms with E-state index in [-0.39, 0.29) is 70.3 Å². The quantitative estimate of drug-likeness (QED) is 0.440. The van der Waals surface area contributed by atoms with Gasteiger partial charge in [-0.15, -0.1) is 0 Å². The Morgan fingerprint density at radius 1 is 0.667 bits per heavy atom. The molecule has 2 radical (unpaired) electrons. The monoisotopic (exact) mass is 376 g/mol. The summed E-state index contributed by atoms with van der Waals surface area (Å²) in [6, 6.07) is 0. The molecule has 0 spiro atoms. The normalized spacial score (nSPS) is 0. The molecule has 0 aromatic heterocycles. The molecule has 40 valence electrons. The summed E-state index contributed by atoms with van der Waals surface area (Å²) in [4.78, 5) is 0. The van der Waals surface area contributed by atoms with E-state index in [1.54, 1.807) is 0 Å². The molecule has 0 atom stereocenters. The van der Waals surface area contributed by atoms with Gasteiger partial charge in [0.25, 0.3) is 0 Å². The molecule has 0 aromatic carbocycles. The minimum absolute atomic E-state index is 0. The molecule has 0 fully saturated rings. The summed E-state index contributed by atoms with van der Waals surface area (Å²) in [7, 11) is 0. The third kappa shape index (κ3) is 51.3. The first-order valence-electron chi connectivity index (χ1n) is 0. The minimum atomic E-state index is 0. The zero-order valence-electron chi connectivity index (χ0n) is 2.80. The van der Waals surface area contributed by atoms with Crippen LogP contribution in [0, 0.1) is 0 Å². The molecule has 0 saturated carbocycles. The third-order valence-corrected chi connectivity index (χ3v) is 0. The Bertz CT molecular complexity index is 7.51. The standard InChI is InChI=1S/Mo.4H2O.Pb/h;4*1H2;/q;;;;;+2/p-2. The Hall–Kier alpha value is 1.45. The fraction of sp³-hybridized carbons (Fsp3) is 0. The maximum Gasteiger partial charge on any atom is 2.00 e. The van der Waals surface area contributed by atoms with E-state index in [0.29, 0.717) is 0 Å². The van der Waals surface area contributed by atoms with E-state index in [1.807, 2.05) is 0 Å². The molecule has 0 unspecified atom stereocenters. The molecule has 6 N–H and O–H groups in total. The van der Waals surface area contributed by atoms with Crippen LogP contribution in [0.2, 0.25) is 0 Å². The van der Waals surface area contributed by atoms with Crippen LogP contribution in [-0.2, 0) is 21.1 Å². The summed E-state index contributed by atoms with van der Waals surface area (Å²) in [5.41, 5.74) is 0. The van der Waals surface area contributed by atoms with E-state index < -0.39 is 0 Å². The van der Waals surface area contributed by atoms with E-state index in [2.05, 4.69) is 0 Å². The van der Waals surface area contributed by atoms with Gasteiger partial charge in [0.2, 0.25) is 0 Å². The minimum Gasteiger partial charge on any atom is -0.870 e. The van der Waals surface area contributed by atoms with Crippen molar-refractivity contribution in [2.24, 2.45) is 0 Å². The van der Waals surface area contributed by atoms with Crippen LogP contribution in [0.15, 0.2) is 0 Å². The van der Waals surface area contributed by atoms with Crippen molar-refractivity contribution in [3.8, 4) is 0 Å². The van der Waals surface area contributed by atoms with Crippen LogP contribution in [0.1, 0.15) is 0 Å². The number of rotatable bonds is 0. The summed E-state index contributed by atoms with van der Waals surface area (Å²) in [5, 5.41) is 0. The van der Waals surface area contributed by atoms with Gasteiger partial charge in [0.1, 0.15) is 0 Å². The van der Waals surface area contributed by atoms with Gasteiger partial charge < -0.3 is 21.9 Å². The molecule has 6 heteroatoms. The van der Waals surface area contributed by atoms with Crippen LogP contribution in [0.3, 0.4) is 0 Å². The second kappa shape index (κ2) is 91.1. The second-order valence-corrected chi connectivity index (χ2v) is 0. The van der Waals surface area contributed by atoms with E-state index in [9.17, 15) is 0 Å². The first kappa shape index (κ1) is 147. The van der Waals surface area contributed by atoms with Crippen molar-refractivity contribution in [3.05, 3.63) is 0 Å². The molecule has 0 rings (SSSR count). The zero-order valence-corrected chi connectivity index (χ0v) is 8.70. The van der Waals surface area contributed by atoms with E-state index in [0.717, 1.165) is 0 Å². The average Bonchev–Trinajstić information content (AvgIpc) is 0. The van der Waals surface area contributed by atoms with Gasteiger partial charge in [-0.25, -0.2) is 0 Å². The molecule has 0 aliphatic carbocycles. The molecule has 0 heterocycles. The molecule has 4 nitrogen and oxygen atoms in total. The van der Waals surface area contributed by atoms with Gasteiger partial charge in [-0.2, -0.15) is 0 Å². The van der Waals surface area contributed by atoms with Crippen molar-refractivity contribution >= 4 is 27.3 Å². The first-order chi connectivity index (χ1) is 0. The van der Waals surface area contributed by atoms with Gasteiger partial charge in [0.15, 0.2) is 0 Å². The predicted molar refractivity (Wildman–Crippen MR) is 16.9 cm³/mol. The predicted octanol–water partition coefficient (Wildman–Crippen LogP) is -2.39. The van der Waals surface area contributed by atoms with Crippen molar-refractivity contribution in [3.63, 3.8) is 0 Å². The molecule has 0 bridgehead atoms. The topological polar surface area (TPSA) is 123 Å². The van der Waals surface area contributed by atoms with Gasteiger partial charge in [-0.05, 0) is 0 Å². The molecule has 0 aliphatic rings. The summed E-state index contributed by atoms with van der Waals surface area (Å²) >= 11 is 0. The maximum atomic E-state index is 0. The van der Waals surface area contributed by atoms with E-state index >= 15 is 0 Å². The van der Waals surface area contributed by atoms with Crippen molar-refractivity contribution in [1.29, 1.82) is 0 Å². The van der Waals surface area contributed by atoms with Crippen molar-refractivity contribution in [2.45, 2.75) is 0 Å². The Morgan fingerprint density at radius 3 is 0.667 bits per heavy atom. The van der Waals surface area contributed by atoms with E-state index in [1.165, 1.54) is 0 Å². The first-order valence-corrected chi connectivity index (χ1v) is 0. The maximum absolute atomic E-state index is 0. The van der Waals surface area contributed by atoms with Crippen LogP contribution in [0.5, 0.6) is 0 Å². The van der Waals surface area contributed by atoms with Crippen molar-refractivity contribution in [1.82, 2.24) is 0 Å². The molecular formula is H6MoO4Pb. The molecule has 0 amide bonds. The largest absolute Gasteiger partial charge is 2.00 e. The Balaban J connectivity index is 0. The van der Waals surface area contributed by atoms with Gasteiger partial charge in [-0.3, -0.25) is 0 Å². The van der Waals surface area contributed by atoms with Gasteiger partial charge >= 0.3 is 27.3 Å². The third-order valence-electron chi connectivity index (χ3n) is 0. The number of hydrogen-bond donors (Lipinski definition) is 0. The average molecular weight is 373 g/mol. The summed E-state index contributed by atoms with van der Waals surface area (Å²) in [6.45, 7) is 0. The van der Waals surface area contributed by atoms with Crippen LogP contribution >= 0.6 is 0 Å². The van der Waals surface area contributed by atoms with Crippen LogP contribution in [0.4, 0.5) is 0 Å². The van der Waals surface area contributed by atoms with Crippen molar-refractivity contribution < 1.29 is 43.0 Å². The summed E-state index contributed by atoms with van der Waals surface area (Å²) in [6.07, 6.45) is 0. The SMILES string of the molecule is O.O.[Mo].[OH-].[OH-].[Pb+2]. The molecule has 6 heavy (non-hydrogen) atoms. The summed E-state index contributed by atoms with van der Waals surface area (Å²) in [5.74, 6) is 0. The Kier molecular flexibility index (Phi) is 2240.